The van der Waals surface area contributed by atoms with Gasteiger partial charge in [-0.1, -0.05) is 6.07 Å². The van der Waals surface area contributed by atoms with Crippen LogP contribution in [-0.4, -0.2) is 28.7 Å². The molecule has 116 valence electrons. The zero-order valence-corrected chi connectivity index (χ0v) is 10.8. The molecule has 2 N–H and O–H groups in total. The number of carbonyl (C=O) groups excluding carboxylic acids is 1. The average molecular weight is 306 g/mol. The van der Waals surface area contributed by atoms with Gasteiger partial charge in [0.15, 0.2) is 0 Å². The fraction of sp³-hybridized carbons (Fsp3) is 0.417. The molecule has 1 rings (SSSR count). The van der Waals surface area contributed by atoms with E-state index in [1.807, 2.05) is 0 Å². The number of phenolic OH excluding ortho intramolecular Hbond substituents is 1. The molecule has 0 heterocycles. The van der Waals surface area contributed by atoms with Crippen LogP contribution < -0.4 is 5.32 Å². The molecule has 0 unspecified atom stereocenters. The minimum Gasteiger partial charge on any atom is -0.502 e. The van der Waals surface area contributed by atoms with Crippen molar-refractivity contribution >= 4 is 11.6 Å². The number of unbranched alkanes of at least 4 members (excludes halogenated alkanes) is 1. The number of nitrogens with one attached hydrogen (secondary N) is 1. The molecule has 0 spiro atoms. The van der Waals surface area contributed by atoms with Gasteiger partial charge in [0.25, 0.3) is 5.91 Å². The predicted octanol–water partition coefficient (Wildman–Crippen LogP) is 2.76. The van der Waals surface area contributed by atoms with Crippen molar-refractivity contribution < 1.29 is 28.0 Å². The molecule has 21 heavy (non-hydrogen) atoms. The standard InChI is InChI=1S/C12H13F3N2O4/c13-12(14,15)6-1-2-7-16-11(19)8-4-3-5-9(10(8)18)17(20)21/h3-5,18H,1-2,6-7H2,(H,16,19). The first-order valence-corrected chi connectivity index (χ1v) is 6.03. The molecule has 0 aliphatic heterocycles. The minimum atomic E-state index is -4.23. The molecule has 1 aromatic carbocycles. The first-order chi connectivity index (χ1) is 9.72. The molecule has 0 atom stereocenters. The van der Waals surface area contributed by atoms with Gasteiger partial charge < -0.3 is 10.4 Å². The Balaban J connectivity index is 2.53. The molecular weight excluding hydrogens is 293 g/mol. The van der Waals surface area contributed by atoms with Crippen LogP contribution in [0.4, 0.5) is 18.9 Å². The molecule has 0 bridgehead atoms. The molecule has 9 heteroatoms. The molecule has 0 saturated carbocycles. The van der Waals surface area contributed by atoms with Gasteiger partial charge >= 0.3 is 11.9 Å². The molecular formula is C12H13F3N2O4. The number of carbonyl (C=O) groups is 1. The van der Waals surface area contributed by atoms with Gasteiger partial charge in [0.1, 0.15) is 0 Å². The largest absolute Gasteiger partial charge is 0.502 e. The van der Waals surface area contributed by atoms with Crippen LogP contribution in [0, 0.1) is 10.1 Å². The Morgan fingerprint density at radius 2 is 2.00 bits per heavy atom. The van der Waals surface area contributed by atoms with Gasteiger partial charge in [-0.25, -0.2) is 0 Å². The third-order valence-electron chi connectivity index (χ3n) is 2.63. The van der Waals surface area contributed by atoms with Gasteiger partial charge in [0.2, 0.25) is 5.75 Å². The average Bonchev–Trinajstić information content (AvgIpc) is 2.36. The summed E-state index contributed by atoms with van der Waals surface area (Å²) in [7, 11) is 0. The third-order valence-corrected chi connectivity index (χ3v) is 2.63. The first kappa shape index (κ1) is 16.7. The van der Waals surface area contributed by atoms with Crippen LogP contribution in [0.15, 0.2) is 18.2 Å². The topological polar surface area (TPSA) is 92.5 Å². The molecule has 0 radical (unpaired) electrons. The van der Waals surface area contributed by atoms with Crippen LogP contribution >= 0.6 is 0 Å². The highest BCUT2D eigenvalue weighted by molar-refractivity contribution is 5.98. The van der Waals surface area contributed by atoms with Crippen LogP contribution in [0.25, 0.3) is 0 Å². The fourth-order valence-electron chi connectivity index (χ4n) is 1.61. The van der Waals surface area contributed by atoms with Gasteiger partial charge in [-0.15, -0.1) is 0 Å². The van der Waals surface area contributed by atoms with E-state index in [-0.39, 0.29) is 24.9 Å². The van der Waals surface area contributed by atoms with E-state index in [4.69, 9.17) is 0 Å². The quantitative estimate of drug-likeness (QED) is 0.480. The second-order valence-electron chi connectivity index (χ2n) is 4.26. The summed E-state index contributed by atoms with van der Waals surface area (Å²) >= 11 is 0. The molecule has 0 saturated heterocycles. The number of hydrogen-bond donors (Lipinski definition) is 2. The van der Waals surface area contributed by atoms with Crippen LogP contribution in [0.3, 0.4) is 0 Å². The second-order valence-corrected chi connectivity index (χ2v) is 4.26. The minimum absolute atomic E-state index is 0.0168. The van der Waals surface area contributed by atoms with Crippen LogP contribution in [-0.2, 0) is 0 Å². The Hall–Kier alpha value is -2.32. The van der Waals surface area contributed by atoms with E-state index in [0.717, 1.165) is 6.07 Å². The number of amides is 1. The van der Waals surface area contributed by atoms with Crippen molar-refractivity contribution in [3.05, 3.63) is 33.9 Å². The monoisotopic (exact) mass is 306 g/mol. The maximum Gasteiger partial charge on any atom is 0.389 e. The van der Waals surface area contributed by atoms with Crippen LogP contribution in [0.5, 0.6) is 5.75 Å². The number of para-hydroxylation sites is 1. The normalized spacial score (nSPS) is 11.2. The van der Waals surface area contributed by atoms with Crippen molar-refractivity contribution in [3.8, 4) is 5.75 Å². The van der Waals surface area contributed by atoms with Gasteiger partial charge in [0, 0.05) is 19.0 Å². The highest BCUT2D eigenvalue weighted by Crippen LogP contribution is 2.29. The van der Waals surface area contributed by atoms with Crippen LogP contribution in [0.1, 0.15) is 29.6 Å². The predicted molar refractivity (Wildman–Crippen MR) is 67.0 cm³/mol. The molecule has 0 aliphatic rings. The van der Waals surface area contributed by atoms with Gasteiger partial charge in [-0.05, 0) is 18.9 Å². The Morgan fingerprint density at radius 1 is 1.33 bits per heavy atom. The number of nitro benzene ring substituents is 1. The Morgan fingerprint density at radius 3 is 2.57 bits per heavy atom. The molecule has 0 fully saturated rings. The van der Waals surface area contributed by atoms with E-state index in [1.54, 1.807) is 0 Å². The summed E-state index contributed by atoms with van der Waals surface area (Å²) in [6, 6.07) is 3.46. The van der Waals surface area contributed by atoms with E-state index in [9.17, 15) is 33.2 Å². The Labute approximate surface area is 117 Å². The van der Waals surface area contributed by atoms with Crippen molar-refractivity contribution in [1.29, 1.82) is 0 Å². The fourth-order valence-corrected chi connectivity index (χ4v) is 1.61. The van der Waals surface area contributed by atoms with Crippen molar-refractivity contribution in [1.82, 2.24) is 5.32 Å². The number of aromatic hydroxyl groups is 1. The van der Waals surface area contributed by atoms with E-state index >= 15 is 0 Å². The third kappa shape index (κ3) is 5.28. The summed E-state index contributed by atoms with van der Waals surface area (Å²) in [4.78, 5) is 21.4. The number of nitrogens with zero attached hydrogens (tertiary/aromatic N) is 1. The van der Waals surface area contributed by atoms with E-state index in [2.05, 4.69) is 5.32 Å². The first-order valence-electron chi connectivity index (χ1n) is 6.03. The van der Waals surface area contributed by atoms with Gasteiger partial charge in [0.05, 0.1) is 10.5 Å². The van der Waals surface area contributed by atoms with Crippen molar-refractivity contribution in [2.75, 3.05) is 6.54 Å². The Kier molecular flexibility index (Phi) is 5.51. The summed E-state index contributed by atoms with van der Waals surface area (Å²) in [6.45, 7) is -0.0168. The zero-order chi connectivity index (χ0) is 16.0. The van der Waals surface area contributed by atoms with E-state index < -0.39 is 34.9 Å². The highest BCUT2D eigenvalue weighted by atomic mass is 19.4. The molecule has 1 amide bonds. The number of benzene rings is 1. The smallest absolute Gasteiger partial charge is 0.389 e. The van der Waals surface area contributed by atoms with Gasteiger partial charge in [-0.2, -0.15) is 13.2 Å². The highest BCUT2D eigenvalue weighted by Gasteiger charge is 2.26. The summed E-state index contributed by atoms with van der Waals surface area (Å²) in [6.07, 6.45) is -5.20. The molecule has 0 aromatic heterocycles. The number of alkyl halides is 3. The number of halogens is 3. The lowest BCUT2D eigenvalue weighted by molar-refractivity contribution is -0.385. The maximum atomic E-state index is 11.9. The number of phenols is 1. The molecule has 0 aliphatic carbocycles. The van der Waals surface area contributed by atoms with Crippen molar-refractivity contribution in [2.45, 2.75) is 25.4 Å². The summed E-state index contributed by atoms with van der Waals surface area (Å²) in [5.74, 6) is -1.54. The number of hydrogen-bond acceptors (Lipinski definition) is 4. The van der Waals surface area contributed by atoms with Gasteiger partial charge in [-0.3, -0.25) is 14.9 Å². The van der Waals surface area contributed by atoms with Crippen molar-refractivity contribution in [2.24, 2.45) is 0 Å². The van der Waals surface area contributed by atoms with Crippen molar-refractivity contribution in [3.63, 3.8) is 0 Å². The Bertz CT molecular complexity index is 532. The summed E-state index contributed by atoms with van der Waals surface area (Å²) in [5.41, 5.74) is -0.903. The van der Waals surface area contributed by atoms with E-state index in [1.165, 1.54) is 12.1 Å². The lowest BCUT2D eigenvalue weighted by Crippen LogP contribution is -2.25. The van der Waals surface area contributed by atoms with E-state index in [0.29, 0.717) is 0 Å². The lowest BCUT2D eigenvalue weighted by Gasteiger charge is -2.08. The second kappa shape index (κ2) is 6.91. The number of rotatable bonds is 6. The summed E-state index contributed by atoms with van der Waals surface area (Å²) in [5, 5.41) is 22.5. The molecule has 1 aromatic rings. The van der Waals surface area contributed by atoms with Crippen LogP contribution in [0.2, 0.25) is 0 Å². The zero-order valence-electron chi connectivity index (χ0n) is 10.8. The lowest BCUT2D eigenvalue weighted by atomic mass is 10.1. The summed E-state index contributed by atoms with van der Waals surface area (Å²) < 4.78 is 35.7. The number of nitro groups is 1. The molecule has 6 nitrogen and oxygen atoms in total. The SMILES string of the molecule is O=C(NCCCCC(F)(F)F)c1cccc([N+](=O)[O-])c1O. The maximum absolute atomic E-state index is 11.9.